The summed E-state index contributed by atoms with van der Waals surface area (Å²) in [6.45, 7) is 7.84. The van der Waals surface area contributed by atoms with E-state index in [9.17, 15) is 0 Å². The summed E-state index contributed by atoms with van der Waals surface area (Å²) in [6, 6.07) is 0. The maximum atomic E-state index is 4.48. The molecule has 1 heterocycles. The second-order valence-electron chi connectivity index (χ2n) is 6.34. The van der Waals surface area contributed by atoms with E-state index in [2.05, 4.69) is 40.8 Å². The lowest BCUT2D eigenvalue weighted by atomic mass is 9.87. The van der Waals surface area contributed by atoms with E-state index >= 15 is 0 Å². The van der Waals surface area contributed by atoms with Gasteiger partial charge in [-0.25, -0.2) is 0 Å². The summed E-state index contributed by atoms with van der Waals surface area (Å²) < 4.78 is 0.520. The number of hydrogen-bond donors (Lipinski definition) is 1. The third-order valence-electron chi connectivity index (χ3n) is 4.19. The molecule has 1 N–H and O–H groups in total. The lowest BCUT2D eigenvalue weighted by Gasteiger charge is -2.45. The van der Waals surface area contributed by atoms with E-state index in [1.165, 1.54) is 44.4 Å². The van der Waals surface area contributed by atoms with E-state index in [0.29, 0.717) is 10.7 Å². The molecule has 0 unspecified atom stereocenters. The quantitative estimate of drug-likeness (QED) is 0.624. The van der Waals surface area contributed by atoms with Crippen molar-refractivity contribution in [1.82, 2.24) is 10.2 Å². The van der Waals surface area contributed by atoms with Crippen LogP contribution in [-0.2, 0) is 0 Å². The third kappa shape index (κ3) is 4.04. The number of nitrogens with zero attached hydrogens (tertiary/aromatic N) is 2. The van der Waals surface area contributed by atoms with Crippen molar-refractivity contribution < 1.29 is 0 Å². The van der Waals surface area contributed by atoms with Gasteiger partial charge in [-0.15, -0.1) is 0 Å². The van der Waals surface area contributed by atoms with Gasteiger partial charge in [0, 0.05) is 37.2 Å². The van der Waals surface area contributed by atoms with Crippen molar-refractivity contribution in [2.75, 3.05) is 32.4 Å². The molecular formula is C15H29N3S. The van der Waals surface area contributed by atoms with Crippen LogP contribution in [0.3, 0.4) is 0 Å². The van der Waals surface area contributed by atoms with Crippen LogP contribution in [0.4, 0.5) is 0 Å². The lowest BCUT2D eigenvalue weighted by Crippen LogP contribution is -2.53. The van der Waals surface area contributed by atoms with Gasteiger partial charge in [-0.2, -0.15) is 11.8 Å². The molecule has 19 heavy (non-hydrogen) atoms. The lowest BCUT2D eigenvalue weighted by molar-refractivity contribution is 0.292. The van der Waals surface area contributed by atoms with Crippen molar-refractivity contribution in [2.45, 2.75) is 50.7 Å². The first-order valence-electron chi connectivity index (χ1n) is 7.75. The Hall–Kier alpha value is -0.380. The number of guanidine groups is 1. The van der Waals surface area contributed by atoms with E-state index in [0.717, 1.165) is 19.0 Å². The molecule has 1 spiro atoms. The molecule has 2 fully saturated rings. The summed E-state index contributed by atoms with van der Waals surface area (Å²) in [5, 5.41) is 3.53. The van der Waals surface area contributed by atoms with Crippen molar-refractivity contribution >= 4 is 17.7 Å². The van der Waals surface area contributed by atoms with Gasteiger partial charge < -0.3 is 10.2 Å². The van der Waals surface area contributed by atoms with Gasteiger partial charge >= 0.3 is 0 Å². The standard InChI is InChI=1S/C15H29N3S/c1-13(2)11-17-14(16-3)18-9-10-19-15(12-18)7-5-4-6-8-15/h13H,4-12H2,1-3H3,(H,16,17). The Morgan fingerprint density at radius 1 is 1.32 bits per heavy atom. The van der Waals surface area contributed by atoms with Crippen molar-refractivity contribution in [2.24, 2.45) is 10.9 Å². The summed E-state index contributed by atoms with van der Waals surface area (Å²) in [5.74, 6) is 3.03. The Bertz CT molecular complexity index is 303. The molecule has 1 aliphatic heterocycles. The molecule has 3 nitrogen and oxygen atoms in total. The molecule has 2 rings (SSSR count). The molecule has 0 atom stereocenters. The normalized spacial score (nSPS) is 24.0. The molecule has 1 saturated carbocycles. The number of hydrogen-bond acceptors (Lipinski definition) is 2. The average molecular weight is 283 g/mol. The summed E-state index contributed by atoms with van der Waals surface area (Å²) in [4.78, 5) is 6.97. The molecule has 0 bridgehead atoms. The fourth-order valence-electron chi connectivity index (χ4n) is 3.15. The first-order valence-corrected chi connectivity index (χ1v) is 8.73. The van der Waals surface area contributed by atoms with Crippen molar-refractivity contribution in [3.8, 4) is 0 Å². The van der Waals surface area contributed by atoms with Gasteiger partial charge in [-0.1, -0.05) is 33.1 Å². The van der Waals surface area contributed by atoms with Crippen LogP contribution in [0.5, 0.6) is 0 Å². The molecular weight excluding hydrogens is 254 g/mol. The molecule has 0 radical (unpaired) electrons. The van der Waals surface area contributed by atoms with E-state index < -0.39 is 0 Å². The van der Waals surface area contributed by atoms with Gasteiger partial charge in [0.25, 0.3) is 0 Å². The smallest absolute Gasteiger partial charge is 0.193 e. The highest BCUT2D eigenvalue weighted by atomic mass is 32.2. The summed E-state index contributed by atoms with van der Waals surface area (Å²) in [6.07, 6.45) is 7.06. The topological polar surface area (TPSA) is 27.6 Å². The predicted molar refractivity (Wildman–Crippen MR) is 86.0 cm³/mol. The SMILES string of the molecule is CN=C(NCC(C)C)N1CCSC2(CCCCC2)C1. The first-order chi connectivity index (χ1) is 9.15. The Morgan fingerprint density at radius 3 is 2.68 bits per heavy atom. The van der Waals surface area contributed by atoms with E-state index in [-0.39, 0.29) is 0 Å². The zero-order valence-electron chi connectivity index (χ0n) is 12.7. The molecule has 110 valence electrons. The highest BCUT2D eigenvalue weighted by molar-refractivity contribution is 8.00. The molecule has 0 amide bonds. The van der Waals surface area contributed by atoms with Gasteiger partial charge in [-0.3, -0.25) is 4.99 Å². The third-order valence-corrected chi connectivity index (χ3v) is 5.73. The van der Waals surface area contributed by atoms with E-state index in [4.69, 9.17) is 0 Å². The maximum Gasteiger partial charge on any atom is 0.193 e. The van der Waals surface area contributed by atoms with Crippen LogP contribution >= 0.6 is 11.8 Å². The van der Waals surface area contributed by atoms with Crippen LogP contribution in [0.1, 0.15) is 46.0 Å². The van der Waals surface area contributed by atoms with Crippen LogP contribution < -0.4 is 5.32 Å². The zero-order chi connectivity index (χ0) is 13.7. The summed E-state index contributed by atoms with van der Waals surface area (Å²) in [5.41, 5.74) is 0. The highest BCUT2D eigenvalue weighted by Crippen LogP contribution is 2.42. The molecule has 2 aliphatic rings. The van der Waals surface area contributed by atoms with Gasteiger partial charge in [-0.05, 0) is 18.8 Å². The van der Waals surface area contributed by atoms with Crippen LogP contribution in [0.2, 0.25) is 0 Å². The molecule has 0 aromatic rings. The molecule has 4 heteroatoms. The van der Waals surface area contributed by atoms with Crippen molar-refractivity contribution in [3.05, 3.63) is 0 Å². The fraction of sp³-hybridized carbons (Fsp3) is 0.933. The molecule has 0 aromatic heterocycles. The van der Waals surface area contributed by atoms with Crippen LogP contribution in [0.15, 0.2) is 4.99 Å². The van der Waals surface area contributed by atoms with Crippen LogP contribution in [0.25, 0.3) is 0 Å². The molecule has 1 aliphatic carbocycles. The van der Waals surface area contributed by atoms with Crippen LogP contribution in [0, 0.1) is 5.92 Å². The Kier molecular flexibility index (Phi) is 5.43. The number of rotatable bonds is 2. The largest absolute Gasteiger partial charge is 0.356 e. The average Bonchev–Trinajstić information content (AvgIpc) is 2.40. The van der Waals surface area contributed by atoms with Gasteiger partial charge in [0.1, 0.15) is 0 Å². The minimum atomic E-state index is 0.520. The fourth-order valence-corrected chi connectivity index (χ4v) is 4.72. The monoisotopic (exact) mass is 283 g/mol. The van der Waals surface area contributed by atoms with Crippen LogP contribution in [-0.4, -0.2) is 48.0 Å². The highest BCUT2D eigenvalue weighted by Gasteiger charge is 2.38. The first kappa shape index (κ1) is 15.0. The minimum absolute atomic E-state index is 0.520. The second kappa shape index (κ2) is 6.87. The summed E-state index contributed by atoms with van der Waals surface area (Å²) >= 11 is 2.22. The minimum Gasteiger partial charge on any atom is -0.356 e. The zero-order valence-corrected chi connectivity index (χ0v) is 13.6. The molecule has 1 saturated heterocycles. The predicted octanol–water partition coefficient (Wildman–Crippen LogP) is 2.97. The van der Waals surface area contributed by atoms with E-state index in [1.54, 1.807) is 0 Å². The summed E-state index contributed by atoms with van der Waals surface area (Å²) in [7, 11) is 1.91. The van der Waals surface area contributed by atoms with Gasteiger partial charge in [0.15, 0.2) is 5.96 Å². The Labute approximate surface area is 122 Å². The van der Waals surface area contributed by atoms with Crippen molar-refractivity contribution in [1.29, 1.82) is 0 Å². The van der Waals surface area contributed by atoms with E-state index in [1.807, 2.05) is 7.05 Å². The maximum absolute atomic E-state index is 4.48. The number of thioether (sulfide) groups is 1. The van der Waals surface area contributed by atoms with Gasteiger partial charge in [0.05, 0.1) is 0 Å². The second-order valence-corrected chi connectivity index (χ2v) is 7.90. The molecule has 0 aromatic carbocycles. The Balaban J connectivity index is 1.95. The van der Waals surface area contributed by atoms with Gasteiger partial charge in [0.2, 0.25) is 0 Å². The van der Waals surface area contributed by atoms with Crippen molar-refractivity contribution in [3.63, 3.8) is 0 Å². The Morgan fingerprint density at radius 2 is 2.05 bits per heavy atom. The number of nitrogens with one attached hydrogen (secondary N) is 1. The number of aliphatic imine (C=N–C) groups is 1.